The van der Waals surface area contributed by atoms with E-state index in [1.165, 1.54) is 0 Å². The second-order valence-corrected chi connectivity index (χ2v) is 7.90. The first kappa shape index (κ1) is 18.7. The fourth-order valence-electron chi connectivity index (χ4n) is 3.62. The van der Waals surface area contributed by atoms with Crippen molar-refractivity contribution in [2.45, 2.75) is 19.8 Å². The number of hydrogen-bond acceptors (Lipinski definition) is 4. The van der Waals surface area contributed by atoms with E-state index < -0.39 is 5.41 Å². The second kappa shape index (κ2) is 7.43. The van der Waals surface area contributed by atoms with Gasteiger partial charge < -0.3 is 15.1 Å². The summed E-state index contributed by atoms with van der Waals surface area (Å²) in [5, 5.41) is 3.48. The number of benzene rings is 1. The SMILES string of the molecule is Cc1ccc(Cl)cc1NC(=O)C1(C(=O)N2CCN(c3ccccn3)CC2)CC1. The lowest BCUT2D eigenvalue weighted by Crippen LogP contribution is -2.52. The Hall–Kier alpha value is -2.60. The van der Waals surface area contributed by atoms with Crippen molar-refractivity contribution in [1.29, 1.82) is 0 Å². The quantitative estimate of drug-likeness (QED) is 0.803. The van der Waals surface area contributed by atoms with Crippen molar-refractivity contribution in [2.24, 2.45) is 5.41 Å². The second-order valence-electron chi connectivity index (χ2n) is 7.46. The Morgan fingerprint density at radius 1 is 1.11 bits per heavy atom. The number of amides is 2. The summed E-state index contributed by atoms with van der Waals surface area (Å²) in [7, 11) is 0. The van der Waals surface area contributed by atoms with Crippen LogP contribution in [-0.2, 0) is 9.59 Å². The molecule has 1 aromatic heterocycles. The van der Waals surface area contributed by atoms with E-state index in [1.807, 2.05) is 36.1 Å². The number of pyridine rings is 1. The molecule has 2 heterocycles. The van der Waals surface area contributed by atoms with Crippen molar-refractivity contribution in [1.82, 2.24) is 9.88 Å². The molecule has 1 saturated carbocycles. The fraction of sp³-hybridized carbons (Fsp3) is 0.381. The number of carbonyl (C=O) groups is 2. The van der Waals surface area contributed by atoms with E-state index in [1.54, 1.807) is 18.3 Å². The third-order valence-corrected chi connectivity index (χ3v) is 5.82. The normalized spacial score (nSPS) is 17.9. The highest BCUT2D eigenvalue weighted by Crippen LogP contribution is 2.48. The van der Waals surface area contributed by atoms with E-state index in [0.29, 0.717) is 49.7 Å². The van der Waals surface area contributed by atoms with Gasteiger partial charge in [-0.15, -0.1) is 0 Å². The number of aromatic nitrogens is 1. The first-order valence-electron chi connectivity index (χ1n) is 9.52. The predicted octanol–water partition coefficient (Wildman–Crippen LogP) is 3.11. The number of hydrogen-bond donors (Lipinski definition) is 1. The Bertz CT molecular complexity index is 891. The number of halogens is 1. The molecule has 28 heavy (non-hydrogen) atoms. The summed E-state index contributed by atoms with van der Waals surface area (Å²) in [6.45, 7) is 4.53. The standard InChI is InChI=1S/C21H23ClN4O2/c1-15-5-6-16(22)14-17(15)24-19(27)21(7-8-21)20(28)26-12-10-25(11-13-26)18-4-2-3-9-23-18/h2-6,9,14H,7-8,10-13H2,1H3,(H,24,27). The summed E-state index contributed by atoms with van der Waals surface area (Å²) in [4.78, 5) is 34.4. The van der Waals surface area contributed by atoms with Gasteiger partial charge in [-0.1, -0.05) is 23.7 Å². The minimum Gasteiger partial charge on any atom is -0.353 e. The highest BCUT2D eigenvalue weighted by atomic mass is 35.5. The molecule has 0 spiro atoms. The molecule has 146 valence electrons. The zero-order chi connectivity index (χ0) is 19.7. The minimum absolute atomic E-state index is 0.0645. The first-order valence-corrected chi connectivity index (χ1v) is 9.90. The van der Waals surface area contributed by atoms with Gasteiger partial charge in [-0.25, -0.2) is 4.98 Å². The summed E-state index contributed by atoms with van der Waals surface area (Å²) in [6.07, 6.45) is 2.96. The molecule has 0 bridgehead atoms. The number of nitrogens with zero attached hydrogens (tertiary/aromatic N) is 3. The van der Waals surface area contributed by atoms with E-state index in [2.05, 4.69) is 15.2 Å². The van der Waals surface area contributed by atoms with Gasteiger partial charge in [-0.2, -0.15) is 0 Å². The number of anilines is 2. The Morgan fingerprint density at radius 2 is 1.86 bits per heavy atom. The van der Waals surface area contributed by atoms with Crippen molar-refractivity contribution in [2.75, 3.05) is 36.4 Å². The van der Waals surface area contributed by atoms with Crippen LogP contribution in [0.5, 0.6) is 0 Å². The van der Waals surface area contributed by atoms with Gasteiger partial charge in [0.15, 0.2) is 0 Å². The molecule has 2 amide bonds. The van der Waals surface area contributed by atoms with Crippen LogP contribution < -0.4 is 10.2 Å². The van der Waals surface area contributed by atoms with Gasteiger partial charge in [0.2, 0.25) is 11.8 Å². The molecule has 0 radical (unpaired) electrons. The number of carbonyl (C=O) groups excluding carboxylic acids is 2. The van der Waals surface area contributed by atoms with Gasteiger partial charge in [0.05, 0.1) is 0 Å². The van der Waals surface area contributed by atoms with Crippen LogP contribution >= 0.6 is 11.6 Å². The molecular weight excluding hydrogens is 376 g/mol. The molecule has 2 aromatic rings. The van der Waals surface area contributed by atoms with Crippen LogP contribution in [0.1, 0.15) is 18.4 Å². The van der Waals surface area contributed by atoms with Crippen molar-refractivity contribution in [3.05, 3.63) is 53.2 Å². The Morgan fingerprint density at radius 3 is 2.50 bits per heavy atom. The number of piperazine rings is 1. The average molecular weight is 399 g/mol. The van der Waals surface area contributed by atoms with Gasteiger partial charge in [0.1, 0.15) is 11.2 Å². The monoisotopic (exact) mass is 398 g/mol. The van der Waals surface area contributed by atoms with Crippen LogP contribution in [-0.4, -0.2) is 47.9 Å². The van der Waals surface area contributed by atoms with Gasteiger partial charge in [-0.3, -0.25) is 9.59 Å². The minimum atomic E-state index is -0.929. The summed E-state index contributed by atoms with van der Waals surface area (Å²) >= 11 is 6.04. The van der Waals surface area contributed by atoms with Crippen LogP contribution in [0.2, 0.25) is 5.02 Å². The van der Waals surface area contributed by atoms with E-state index in [0.717, 1.165) is 11.4 Å². The predicted molar refractivity (Wildman–Crippen MR) is 110 cm³/mol. The fourth-order valence-corrected chi connectivity index (χ4v) is 3.79. The maximum atomic E-state index is 13.1. The number of aryl methyl sites for hydroxylation is 1. The molecule has 2 fully saturated rings. The molecule has 1 aliphatic carbocycles. The molecule has 2 aliphatic rings. The summed E-state index contributed by atoms with van der Waals surface area (Å²) in [5.41, 5.74) is 0.656. The lowest BCUT2D eigenvalue weighted by molar-refractivity contribution is -0.142. The van der Waals surface area contributed by atoms with Crippen molar-refractivity contribution < 1.29 is 9.59 Å². The Balaban J connectivity index is 1.40. The lowest BCUT2D eigenvalue weighted by atomic mass is 10.0. The Labute approximate surface area is 169 Å². The smallest absolute Gasteiger partial charge is 0.240 e. The van der Waals surface area contributed by atoms with E-state index in [4.69, 9.17) is 11.6 Å². The van der Waals surface area contributed by atoms with E-state index in [-0.39, 0.29) is 11.8 Å². The van der Waals surface area contributed by atoms with E-state index in [9.17, 15) is 9.59 Å². The maximum absolute atomic E-state index is 13.1. The molecule has 1 aliphatic heterocycles. The summed E-state index contributed by atoms with van der Waals surface area (Å²) in [5.74, 6) is 0.630. The van der Waals surface area contributed by atoms with Crippen molar-refractivity contribution in [3.8, 4) is 0 Å². The highest BCUT2D eigenvalue weighted by molar-refractivity contribution is 6.31. The van der Waals surface area contributed by atoms with Crippen molar-refractivity contribution >= 4 is 34.9 Å². The molecule has 0 atom stereocenters. The zero-order valence-corrected chi connectivity index (χ0v) is 16.6. The van der Waals surface area contributed by atoms with Gasteiger partial charge >= 0.3 is 0 Å². The average Bonchev–Trinajstić information content (AvgIpc) is 3.53. The molecule has 1 aromatic carbocycles. The molecule has 0 unspecified atom stereocenters. The molecule has 1 N–H and O–H groups in total. The zero-order valence-electron chi connectivity index (χ0n) is 15.8. The largest absolute Gasteiger partial charge is 0.353 e. The third kappa shape index (κ3) is 3.56. The molecule has 4 rings (SSSR count). The number of rotatable bonds is 4. The van der Waals surface area contributed by atoms with E-state index >= 15 is 0 Å². The number of nitrogens with one attached hydrogen (secondary N) is 1. The first-order chi connectivity index (χ1) is 13.5. The van der Waals surface area contributed by atoms with Crippen LogP contribution in [0, 0.1) is 12.3 Å². The maximum Gasteiger partial charge on any atom is 0.240 e. The van der Waals surface area contributed by atoms with Crippen LogP contribution in [0.4, 0.5) is 11.5 Å². The Kier molecular flexibility index (Phi) is 4.98. The topological polar surface area (TPSA) is 65.5 Å². The summed E-state index contributed by atoms with van der Waals surface area (Å²) < 4.78 is 0. The van der Waals surface area contributed by atoms with Crippen LogP contribution in [0.25, 0.3) is 0 Å². The van der Waals surface area contributed by atoms with Gasteiger partial charge in [0.25, 0.3) is 0 Å². The highest BCUT2D eigenvalue weighted by Gasteiger charge is 2.58. The van der Waals surface area contributed by atoms with Gasteiger partial charge in [0, 0.05) is 43.1 Å². The third-order valence-electron chi connectivity index (χ3n) is 5.58. The lowest BCUT2D eigenvalue weighted by Gasteiger charge is -2.37. The van der Waals surface area contributed by atoms with Crippen molar-refractivity contribution in [3.63, 3.8) is 0 Å². The molecule has 6 nitrogen and oxygen atoms in total. The molecule has 1 saturated heterocycles. The van der Waals surface area contributed by atoms with Gasteiger partial charge in [-0.05, 0) is 49.6 Å². The molecular formula is C21H23ClN4O2. The van der Waals surface area contributed by atoms with Crippen LogP contribution in [0.3, 0.4) is 0 Å². The van der Waals surface area contributed by atoms with Crippen LogP contribution in [0.15, 0.2) is 42.6 Å². The summed E-state index contributed by atoms with van der Waals surface area (Å²) in [6, 6.07) is 11.2. The molecule has 7 heteroatoms.